The first kappa shape index (κ1) is 7.47. The van der Waals surface area contributed by atoms with Crippen LogP contribution in [-0.2, 0) is 0 Å². The molecule has 12 heavy (non-hydrogen) atoms. The lowest BCUT2D eigenvalue weighted by molar-refractivity contribution is 0.422. The van der Waals surface area contributed by atoms with E-state index in [1.807, 2.05) is 18.3 Å². The summed E-state index contributed by atoms with van der Waals surface area (Å²) >= 11 is 0. The van der Waals surface area contributed by atoms with Crippen molar-refractivity contribution in [1.29, 1.82) is 0 Å². The van der Waals surface area contributed by atoms with Crippen LogP contribution in [0.2, 0.25) is 0 Å². The molecule has 0 aromatic carbocycles. The number of rotatable bonds is 1. The van der Waals surface area contributed by atoms with Gasteiger partial charge in [-0.25, -0.2) is 0 Å². The molecule has 64 valence electrons. The molecule has 1 aromatic heterocycles. The van der Waals surface area contributed by atoms with Crippen molar-refractivity contribution in [2.45, 2.75) is 25.3 Å². The summed E-state index contributed by atoms with van der Waals surface area (Å²) in [6, 6.07) is 4.33. The zero-order valence-corrected chi connectivity index (χ0v) is 6.99. The van der Waals surface area contributed by atoms with E-state index in [-0.39, 0.29) is 0 Å². The molecule has 0 aliphatic carbocycles. The molecule has 0 bridgehead atoms. The summed E-state index contributed by atoms with van der Waals surface area (Å²) in [4.78, 5) is 0. The highest BCUT2D eigenvalue weighted by atomic mass is 16.3. The lowest BCUT2D eigenvalue weighted by atomic mass is 10.1. The fraction of sp³-hybridized carbons (Fsp3) is 0.400. The van der Waals surface area contributed by atoms with Crippen molar-refractivity contribution in [1.82, 2.24) is 5.32 Å². The molecule has 0 amide bonds. The van der Waals surface area contributed by atoms with Crippen molar-refractivity contribution in [3.8, 4) is 0 Å². The number of allylic oxidation sites excluding steroid dienone is 1. The number of nitrogens with one attached hydrogen (secondary N) is 1. The van der Waals surface area contributed by atoms with E-state index >= 15 is 0 Å². The van der Waals surface area contributed by atoms with E-state index in [0.717, 1.165) is 12.2 Å². The van der Waals surface area contributed by atoms with Crippen LogP contribution in [0.1, 0.15) is 31.1 Å². The van der Waals surface area contributed by atoms with E-state index in [9.17, 15) is 0 Å². The molecular formula is C10H13NO. The normalized spacial score (nSPS) is 23.2. The van der Waals surface area contributed by atoms with Crippen LogP contribution in [0.3, 0.4) is 0 Å². The Morgan fingerprint density at radius 2 is 2.50 bits per heavy atom. The van der Waals surface area contributed by atoms with Crippen LogP contribution in [0.4, 0.5) is 0 Å². The molecule has 0 saturated carbocycles. The second-order valence-corrected chi connectivity index (χ2v) is 3.07. The maximum atomic E-state index is 5.33. The zero-order chi connectivity index (χ0) is 8.23. The molecule has 1 aliphatic heterocycles. The van der Waals surface area contributed by atoms with Crippen molar-refractivity contribution < 1.29 is 4.42 Å². The van der Waals surface area contributed by atoms with Gasteiger partial charge >= 0.3 is 0 Å². The first-order chi connectivity index (χ1) is 5.97. The number of hydrogen-bond acceptors (Lipinski definition) is 2. The minimum Gasteiger partial charge on any atom is -0.467 e. The summed E-state index contributed by atoms with van der Waals surface area (Å²) in [5.41, 5.74) is 0. The molecule has 2 nitrogen and oxygen atoms in total. The summed E-state index contributed by atoms with van der Waals surface area (Å²) in [6.45, 7) is 0. The van der Waals surface area contributed by atoms with Gasteiger partial charge in [0, 0.05) is 0 Å². The molecule has 1 unspecified atom stereocenters. The van der Waals surface area contributed by atoms with Crippen LogP contribution in [0, 0.1) is 0 Å². The third-order valence-electron chi connectivity index (χ3n) is 2.17. The Balaban J connectivity index is 2.08. The fourth-order valence-corrected chi connectivity index (χ4v) is 1.50. The average Bonchev–Trinajstić information content (AvgIpc) is 2.48. The SMILES string of the molecule is C1=CNC(c2ccco2)CCC1. The van der Waals surface area contributed by atoms with Crippen LogP contribution in [0.25, 0.3) is 0 Å². The molecule has 1 aromatic rings. The maximum absolute atomic E-state index is 5.33. The Labute approximate surface area is 72.3 Å². The van der Waals surface area contributed by atoms with E-state index in [1.165, 1.54) is 12.8 Å². The van der Waals surface area contributed by atoms with E-state index in [2.05, 4.69) is 11.4 Å². The molecule has 0 spiro atoms. The smallest absolute Gasteiger partial charge is 0.125 e. The highest BCUT2D eigenvalue weighted by Gasteiger charge is 2.12. The third-order valence-corrected chi connectivity index (χ3v) is 2.17. The predicted molar refractivity (Wildman–Crippen MR) is 47.6 cm³/mol. The van der Waals surface area contributed by atoms with E-state index in [1.54, 1.807) is 6.26 Å². The van der Waals surface area contributed by atoms with E-state index in [4.69, 9.17) is 4.42 Å². The molecule has 1 aliphatic rings. The number of hydrogen-bond donors (Lipinski definition) is 1. The van der Waals surface area contributed by atoms with Gasteiger partial charge in [-0.1, -0.05) is 6.08 Å². The molecule has 0 radical (unpaired) electrons. The minimum atomic E-state index is 0.374. The minimum absolute atomic E-state index is 0.374. The van der Waals surface area contributed by atoms with Gasteiger partial charge in [0.25, 0.3) is 0 Å². The Morgan fingerprint density at radius 1 is 1.50 bits per heavy atom. The van der Waals surface area contributed by atoms with Crippen LogP contribution in [-0.4, -0.2) is 0 Å². The summed E-state index contributed by atoms with van der Waals surface area (Å²) in [6.07, 6.45) is 9.48. The van der Waals surface area contributed by atoms with Gasteiger partial charge in [-0.05, 0) is 37.6 Å². The van der Waals surface area contributed by atoms with Gasteiger partial charge in [-0.2, -0.15) is 0 Å². The lowest BCUT2D eigenvalue weighted by Gasteiger charge is -2.11. The molecule has 1 N–H and O–H groups in total. The van der Waals surface area contributed by atoms with Gasteiger partial charge in [-0.15, -0.1) is 0 Å². The van der Waals surface area contributed by atoms with Gasteiger partial charge in [0.15, 0.2) is 0 Å². The van der Waals surface area contributed by atoms with Crippen LogP contribution in [0.15, 0.2) is 35.1 Å². The van der Waals surface area contributed by atoms with Gasteiger partial charge in [0.2, 0.25) is 0 Å². The Bertz CT molecular complexity index is 251. The van der Waals surface area contributed by atoms with Crippen molar-refractivity contribution >= 4 is 0 Å². The Hall–Kier alpha value is -1.18. The summed E-state index contributed by atoms with van der Waals surface area (Å²) < 4.78 is 5.33. The van der Waals surface area contributed by atoms with Crippen molar-refractivity contribution in [3.63, 3.8) is 0 Å². The molecule has 2 heteroatoms. The van der Waals surface area contributed by atoms with Gasteiger partial charge in [0.1, 0.15) is 5.76 Å². The molecule has 0 fully saturated rings. The molecule has 2 heterocycles. The second kappa shape index (κ2) is 3.48. The summed E-state index contributed by atoms with van der Waals surface area (Å²) in [5.74, 6) is 1.04. The van der Waals surface area contributed by atoms with Gasteiger partial charge < -0.3 is 9.73 Å². The molecule has 2 rings (SSSR count). The van der Waals surface area contributed by atoms with Gasteiger partial charge in [-0.3, -0.25) is 0 Å². The van der Waals surface area contributed by atoms with Crippen molar-refractivity contribution in [2.75, 3.05) is 0 Å². The maximum Gasteiger partial charge on any atom is 0.125 e. The quantitative estimate of drug-likeness (QED) is 0.688. The summed E-state index contributed by atoms with van der Waals surface area (Å²) in [7, 11) is 0. The first-order valence-electron chi connectivity index (χ1n) is 4.41. The van der Waals surface area contributed by atoms with Gasteiger partial charge in [0.05, 0.1) is 12.3 Å². The van der Waals surface area contributed by atoms with Crippen LogP contribution >= 0.6 is 0 Å². The first-order valence-corrected chi connectivity index (χ1v) is 4.41. The molecule has 0 saturated heterocycles. The fourth-order valence-electron chi connectivity index (χ4n) is 1.50. The van der Waals surface area contributed by atoms with Crippen LogP contribution < -0.4 is 5.32 Å². The second-order valence-electron chi connectivity index (χ2n) is 3.07. The van der Waals surface area contributed by atoms with E-state index < -0.39 is 0 Å². The van der Waals surface area contributed by atoms with Crippen molar-refractivity contribution in [3.05, 3.63) is 36.4 Å². The average molecular weight is 163 g/mol. The molecule has 1 atom stereocenters. The monoisotopic (exact) mass is 163 g/mol. The molecular weight excluding hydrogens is 150 g/mol. The Morgan fingerprint density at radius 3 is 3.33 bits per heavy atom. The van der Waals surface area contributed by atoms with Crippen molar-refractivity contribution in [2.24, 2.45) is 0 Å². The highest BCUT2D eigenvalue weighted by molar-refractivity contribution is 5.06. The number of furan rings is 1. The predicted octanol–water partition coefficient (Wildman–Crippen LogP) is 2.61. The largest absolute Gasteiger partial charge is 0.467 e. The highest BCUT2D eigenvalue weighted by Crippen LogP contribution is 2.21. The zero-order valence-electron chi connectivity index (χ0n) is 6.99. The Kier molecular flexibility index (Phi) is 2.16. The lowest BCUT2D eigenvalue weighted by Crippen LogP contribution is -2.12. The van der Waals surface area contributed by atoms with Crippen LogP contribution in [0.5, 0.6) is 0 Å². The van der Waals surface area contributed by atoms with E-state index in [0.29, 0.717) is 6.04 Å². The topological polar surface area (TPSA) is 25.2 Å². The summed E-state index contributed by atoms with van der Waals surface area (Å²) in [5, 5.41) is 3.31. The standard InChI is InChI=1S/C10H13NO/c1-2-5-9(11-7-3-1)10-6-4-8-12-10/h3-4,6-9,11H,1-2,5H2. The third kappa shape index (κ3) is 1.52.